The molecule has 0 aliphatic heterocycles. The number of benzene rings is 1. The van der Waals surface area contributed by atoms with E-state index < -0.39 is 0 Å². The zero-order valence-electron chi connectivity index (χ0n) is 17.1. The van der Waals surface area contributed by atoms with Crippen molar-refractivity contribution in [2.75, 3.05) is 17.7 Å². The summed E-state index contributed by atoms with van der Waals surface area (Å²) in [6.45, 7) is 2.21. The van der Waals surface area contributed by atoms with Crippen molar-refractivity contribution in [2.24, 2.45) is 7.05 Å². The van der Waals surface area contributed by atoms with E-state index >= 15 is 0 Å². The first-order valence-corrected chi connectivity index (χ1v) is 12.0. The van der Waals surface area contributed by atoms with Crippen LogP contribution in [0.2, 0.25) is 10.0 Å². The number of amides is 1. The summed E-state index contributed by atoms with van der Waals surface area (Å²) in [5, 5.41) is 14.5. The lowest BCUT2D eigenvalue weighted by Crippen LogP contribution is -2.15. The second-order valence-corrected chi connectivity index (χ2v) is 8.93. The van der Waals surface area contributed by atoms with E-state index in [9.17, 15) is 9.59 Å². The Morgan fingerprint density at radius 1 is 1.28 bits per heavy atom. The van der Waals surface area contributed by atoms with E-state index in [1.54, 1.807) is 42.1 Å². The molecule has 0 bridgehead atoms. The van der Waals surface area contributed by atoms with Crippen LogP contribution in [-0.4, -0.2) is 44.0 Å². The number of hydrogen-bond acceptors (Lipinski definition) is 9. The lowest BCUT2D eigenvalue weighted by molar-refractivity contribution is -0.142. The molecule has 3 aromatic rings. The van der Waals surface area contributed by atoms with Gasteiger partial charge >= 0.3 is 5.97 Å². The molecule has 2 aromatic heterocycles. The maximum Gasteiger partial charge on any atom is 0.311 e. The number of anilines is 1. The number of carbonyl (C=O) groups is 2. The molecule has 0 fully saturated rings. The van der Waals surface area contributed by atoms with Crippen LogP contribution in [0.5, 0.6) is 5.75 Å². The normalized spacial score (nSPS) is 10.8. The summed E-state index contributed by atoms with van der Waals surface area (Å²) in [6, 6.07) is 4.95. The van der Waals surface area contributed by atoms with Gasteiger partial charge in [-0.2, -0.15) is 0 Å². The smallest absolute Gasteiger partial charge is 0.311 e. The molecule has 1 aromatic carbocycles. The molecule has 13 heteroatoms. The SMILES string of the molecule is CCOC(=O)Cc1csc(NC(=O)CSc2nnc(COc3ccc(Cl)cc3Cl)n2C)n1. The molecule has 2 heterocycles. The number of rotatable bonds is 10. The number of esters is 1. The summed E-state index contributed by atoms with van der Waals surface area (Å²) < 4.78 is 12.3. The molecule has 0 aliphatic carbocycles. The third-order valence-corrected chi connectivity index (χ3v) is 6.29. The molecular weight excluding hydrogens is 497 g/mol. The molecule has 0 atom stereocenters. The standard InChI is InChI=1S/C19H19Cl2N5O4S2/c1-3-29-17(28)7-12-9-31-18(22-12)23-16(27)10-32-19-25-24-15(26(19)2)8-30-14-5-4-11(20)6-13(14)21/h4-6,9H,3,7-8,10H2,1-2H3,(H,22,23,27). The summed E-state index contributed by atoms with van der Waals surface area (Å²) in [5.41, 5.74) is 0.551. The molecular formula is C19H19Cl2N5O4S2. The number of thiazole rings is 1. The van der Waals surface area contributed by atoms with Crippen LogP contribution in [0.4, 0.5) is 5.13 Å². The maximum absolute atomic E-state index is 12.2. The van der Waals surface area contributed by atoms with E-state index in [0.717, 1.165) is 0 Å². The van der Waals surface area contributed by atoms with E-state index in [1.165, 1.54) is 23.1 Å². The second-order valence-electron chi connectivity index (χ2n) is 6.28. The van der Waals surface area contributed by atoms with Gasteiger partial charge in [0.15, 0.2) is 16.1 Å². The van der Waals surface area contributed by atoms with Gasteiger partial charge in [0, 0.05) is 17.5 Å². The highest BCUT2D eigenvalue weighted by Gasteiger charge is 2.14. The fourth-order valence-corrected chi connectivity index (χ4v) is 4.34. The van der Waals surface area contributed by atoms with Gasteiger partial charge in [0.2, 0.25) is 5.91 Å². The van der Waals surface area contributed by atoms with Crippen LogP contribution < -0.4 is 10.1 Å². The number of nitrogens with one attached hydrogen (secondary N) is 1. The number of aromatic nitrogens is 4. The average Bonchev–Trinajstić information content (AvgIpc) is 3.32. The summed E-state index contributed by atoms with van der Waals surface area (Å²) in [7, 11) is 1.78. The van der Waals surface area contributed by atoms with Crippen molar-refractivity contribution in [3.05, 3.63) is 45.1 Å². The molecule has 0 spiro atoms. The fraction of sp³-hybridized carbons (Fsp3) is 0.316. The number of hydrogen-bond donors (Lipinski definition) is 1. The predicted molar refractivity (Wildman–Crippen MR) is 124 cm³/mol. The second kappa shape index (κ2) is 11.5. The zero-order chi connectivity index (χ0) is 23.1. The van der Waals surface area contributed by atoms with Gasteiger partial charge in [0.05, 0.1) is 29.5 Å². The number of ether oxygens (including phenoxy) is 2. The van der Waals surface area contributed by atoms with Crippen LogP contribution in [-0.2, 0) is 34.4 Å². The van der Waals surface area contributed by atoms with Crippen LogP contribution >= 0.6 is 46.3 Å². The minimum absolute atomic E-state index is 0.0694. The Hall–Kier alpha value is -2.34. The molecule has 0 saturated heterocycles. The van der Waals surface area contributed by atoms with Gasteiger partial charge in [0.25, 0.3) is 0 Å². The Labute approximate surface area is 202 Å². The van der Waals surface area contributed by atoms with E-state index in [-0.39, 0.29) is 30.7 Å². The van der Waals surface area contributed by atoms with Crippen LogP contribution in [0.3, 0.4) is 0 Å². The summed E-state index contributed by atoms with van der Waals surface area (Å²) in [5.74, 6) is 0.566. The van der Waals surface area contributed by atoms with Gasteiger partial charge in [-0.25, -0.2) is 4.98 Å². The average molecular weight is 516 g/mol. The van der Waals surface area contributed by atoms with Gasteiger partial charge in [-0.05, 0) is 25.1 Å². The van der Waals surface area contributed by atoms with Gasteiger partial charge < -0.3 is 19.4 Å². The Balaban J connectivity index is 1.48. The lowest BCUT2D eigenvalue weighted by Gasteiger charge is -2.08. The minimum atomic E-state index is -0.355. The lowest BCUT2D eigenvalue weighted by atomic mass is 10.3. The highest BCUT2D eigenvalue weighted by atomic mass is 35.5. The number of halogens is 2. The van der Waals surface area contributed by atoms with E-state index in [1.807, 2.05) is 0 Å². The number of nitrogens with zero attached hydrogens (tertiary/aromatic N) is 4. The first-order valence-electron chi connectivity index (χ1n) is 9.34. The minimum Gasteiger partial charge on any atom is -0.484 e. The summed E-state index contributed by atoms with van der Waals surface area (Å²) in [4.78, 5) is 28.0. The quantitative estimate of drug-likeness (QED) is 0.318. The van der Waals surface area contributed by atoms with Crippen molar-refractivity contribution < 1.29 is 19.1 Å². The molecule has 3 rings (SSSR count). The Morgan fingerprint density at radius 3 is 2.84 bits per heavy atom. The Kier molecular flexibility index (Phi) is 8.74. The van der Waals surface area contributed by atoms with Crippen molar-refractivity contribution in [2.45, 2.75) is 25.1 Å². The zero-order valence-corrected chi connectivity index (χ0v) is 20.3. The predicted octanol–water partition coefficient (Wildman–Crippen LogP) is 3.99. The van der Waals surface area contributed by atoms with Crippen molar-refractivity contribution in [1.29, 1.82) is 0 Å². The summed E-state index contributed by atoms with van der Waals surface area (Å²) >= 11 is 14.5. The topological polar surface area (TPSA) is 108 Å². The molecule has 0 aliphatic rings. The van der Waals surface area contributed by atoms with Crippen LogP contribution in [0.15, 0.2) is 28.7 Å². The molecule has 0 unspecified atom stereocenters. The van der Waals surface area contributed by atoms with Crippen LogP contribution in [0.1, 0.15) is 18.4 Å². The van der Waals surface area contributed by atoms with Gasteiger partial charge in [-0.3, -0.25) is 9.59 Å². The third kappa shape index (κ3) is 6.83. The van der Waals surface area contributed by atoms with Crippen molar-refractivity contribution in [3.8, 4) is 5.75 Å². The molecule has 170 valence electrons. The Morgan fingerprint density at radius 2 is 2.09 bits per heavy atom. The van der Waals surface area contributed by atoms with Crippen molar-refractivity contribution in [1.82, 2.24) is 19.7 Å². The van der Waals surface area contributed by atoms with E-state index in [0.29, 0.717) is 44.2 Å². The molecule has 1 N–H and O–H groups in total. The molecule has 1 amide bonds. The van der Waals surface area contributed by atoms with Crippen molar-refractivity contribution >= 4 is 63.3 Å². The first-order chi connectivity index (χ1) is 15.4. The fourth-order valence-electron chi connectivity index (χ4n) is 2.42. The summed E-state index contributed by atoms with van der Waals surface area (Å²) in [6.07, 6.45) is 0.0694. The van der Waals surface area contributed by atoms with E-state index in [4.69, 9.17) is 32.7 Å². The highest BCUT2D eigenvalue weighted by molar-refractivity contribution is 7.99. The van der Waals surface area contributed by atoms with E-state index in [2.05, 4.69) is 20.5 Å². The number of thioether (sulfide) groups is 1. The largest absolute Gasteiger partial charge is 0.484 e. The van der Waals surface area contributed by atoms with Gasteiger partial charge in [0.1, 0.15) is 12.4 Å². The molecule has 0 saturated carbocycles. The first kappa shape index (κ1) is 24.3. The van der Waals surface area contributed by atoms with Crippen LogP contribution in [0.25, 0.3) is 0 Å². The molecule has 9 nitrogen and oxygen atoms in total. The van der Waals surface area contributed by atoms with Gasteiger partial charge in [-0.1, -0.05) is 35.0 Å². The van der Waals surface area contributed by atoms with Crippen molar-refractivity contribution in [3.63, 3.8) is 0 Å². The molecule has 0 radical (unpaired) electrons. The highest BCUT2D eigenvalue weighted by Crippen LogP contribution is 2.28. The van der Waals surface area contributed by atoms with Gasteiger partial charge in [-0.15, -0.1) is 21.5 Å². The van der Waals surface area contributed by atoms with Crippen LogP contribution in [0, 0.1) is 0 Å². The Bertz CT molecular complexity index is 1110. The molecule has 32 heavy (non-hydrogen) atoms. The maximum atomic E-state index is 12.2. The number of carbonyl (C=O) groups excluding carboxylic acids is 2. The monoisotopic (exact) mass is 515 g/mol. The third-order valence-electron chi connectivity index (χ3n) is 3.94.